The fraction of sp³-hybridized carbons (Fsp3) is 0.188. The normalized spacial score (nSPS) is 12.0. The van der Waals surface area contributed by atoms with Crippen LogP contribution in [0.4, 0.5) is 0 Å². The third-order valence-corrected chi connectivity index (χ3v) is 3.53. The highest BCUT2D eigenvalue weighted by molar-refractivity contribution is 5.82. The number of rotatable bonds is 4. The number of allylic oxidation sites excluding steroid dienone is 3. The van der Waals surface area contributed by atoms with E-state index in [1.54, 1.807) is 21.5 Å². The Morgan fingerprint density at radius 2 is 2.23 bits per heavy atom. The lowest BCUT2D eigenvalue weighted by Crippen LogP contribution is -1.99. The summed E-state index contributed by atoms with van der Waals surface area (Å²) >= 11 is 0. The SMILES string of the molecule is C=C/C(=C\C)c1nc(-c2cn(C)nc2CO)cn2nccc12. The Balaban J connectivity index is 2.29. The monoisotopic (exact) mass is 295 g/mol. The summed E-state index contributed by atoms with van der Waals surface area (Å²) in [6.45, 7) is 5.65. The molecule has 1 N–H and O–H groups in total. The van der Waals surface area contributed by atoms with E-state index in [0.717, 1.165) is 22.3 Å². The van der Waals surface area contributed by atoms with Crippen molar-refractivity contribution in [3.8, 4) is 11.3 Å². The molecule has 0 aromatic carbocycles. The quantitative estimate of drug-likeness (QED) is 0.749. The topological polar surface area (TPSA) is 68.2 Å². The van der Waals surface area contributed by atoms with E-state index in [4.69, 9.17) is 4.98 Å². The molecule has 0 spiro atoms. The van der Waals surface area contributed by atoms with Crippen molar-refractivity contribution in [2.24, 2.45) is 7.05 Å². The van der Waals surface area contributed by atoms with Crippen molar-refractivity contribution < 1.29 is 5.11 Å². The van der Waals surface area contributed by atoms with E-state index < -0.39 is 0 Å². The van der Waals surface area contributed by atoms with E-state index in [1.807, 2.05) is 38.5 Å². The van der Waals surface area contributed by atoms with Crippen molar-refractivity contribution in [1.82, 2.24) is 24.4 Å². The number of aliphatic hydroxyl groups excluding tert-OH is 1. The van der Waals surface area contributed by atoms with E-state index in [9.17, 15) is 5.11 Å². The fourth-order valence-corrected chi connectivity index (χ4v) is 2.49. The van der Waals surface area contributed by atoms with Crippen LogP contribution in [0.1, 0.15) is 18.3 Å². The van der Waals surface area contributed by atoms with Crippen LogP contribution in [0.25, 0.3) is 22.3 Å². The van der Waals surface area contributed by atoms with Crippen LogP contribution in [-0.2, 0) is 13.7 Å². The number of aromatic nitrogens is 5. The van der Waals surface area contributed by atoms with E-state index in [-0.39, 0.29) is 6.61 Å². The molecule has 0 atom stereocenters. The van der Waals surface area contributed by atoms with E-state index >= 15 is 0 Å². The Bertz CT molecular complexity index is 872. The number of aryl methyl sites for hydroxylation is 1. The number of hydrogen-bond acceptors (Lipinski definition) is 4. The van der Waals surface area contributed by atoms with Gasteiger partial charge in [-0.15, -0.1) is 0 Å². The molecule has 0 saturated carbocycles. The lowest BCUT2D eigenvalue weighted by Gasteiger charge is -2.08. The van der Waals surface area contributed by atoms with Gasteiger partial charge in [-0.3, -0.25) is 4.68 Å². The van der Waals surface area contributed by atoms with Gasteiger partial charge in [0.1, 0.15) is 0 Å². The molecule has 0 radical (unpaired) electrons. The number of aliphatic hydroxyl groups is 1. The highest BCUT2D eigenvalue weighted by Crippen LogP contribution is 2.26. The molecule has 3 aromatic heterocycles. The van der Waals surface area contributed by atoms with Crippen molar-refractivity contribution in [2.75, 3.05) is 0 Å². The Kier molecular flexibility index (Phi) is 3.60. The van der Waals surface area contributed by atoms with E-state index in [2.05, 4.69) is 16.8 Å². The molecular weight excluding hydrogens is 278 g/mol. The zero-order chi connectivity index (χ0) is 15.7. The first kappa shape index (κ1) is 14.2. The van der Waals surface area contributed by atoms with Gasteiger partial charge in [-0.25, -0.2) is 9.50 Å². The Morgan fingerprint density at radius 1 is 1.41 bits per heavy atom. The summed E-state index contributed by atoms with van der Waals surface area (Å²) in [4.78, 5) is 4.74. The maximum absolute atomic E-state index is 9.48. The molecule has 0 bridgehead atoms. The largest absolute Gasteiger partial charge is 0.390 e. The van der Waals surface area contributed by atoms with Gasteiger partial charge in [0.15, 0.2) is 0 Å². The minimum absolute atomic E-state index is 0.137. The standard InChI is InChI=1S/C16H17N5O/c1-4-11(5-2)16-15-6-7-17-21(15)9-13(18-16)12-8-20(3)19-14(12)10-22/h4-9,22H,1,10H2,2-3H3/b11-5+. The summed E-state index contributed by atoms with van der Waals surface area (Å²) in [5.41, 5.74) is 4.74. The molecule has 0 aliphatic carbocycles. The second kappa shape index (κ2) is 5.57. The van der Waals surface area contributed by atoms with E-state index in [1.165, 1.54) is 0 Å². The first-order valence-corrected chi connectivity index (χ1v) is 6.95. The van der Waals surface area contributed by atoms with Crippen molar-refractivity contribution in [3.05, 3.63) is 54.8 Å². The molecule has 0 aliphatic heterocycles. The molecule has 3 heterocycles. The lowest BCUT2D eigenvalue weighted by atomic mass is 10.1. The summed E-state index contributed by atoms with van der Waals surface area (Å²) in [7, 11) is 1.82. The van der Waals surface area contributed by atoms with Gasteiger partial charge in [0.25, 0.3) is 0 Å². The Labute approximate surface area is 128 Å². The number of nitrogens with zero attached hydrogens (tertiary/aromatic N) is 5. The first-order valence-electron chi connectivity index (χ1n) is 6.95. The van der Waals surface area contributed by atoms with Crippen LogP contribution in [0.2, 0.25) is 0 Å². The second-order valence-electron chi connectivity index (χ2n) is 4.91. The molecular formula is C16H17N5O. The highest BCUT2D eigenvalue weighted by atomic mass is 16.3. The van der Waals surface area contributed by atoms with E-state index in [0.29, 0.717) is 11.4 Å². The molecule has 22 heavy (non-hydrogen) atoms. The molecule has 3 aromatic rings. The van der Waals surface area contributed by atoms with Gasteiger partial charge in [-0.2, -0.15) is 10.2 Å². The molecule has 6 heteroatoms. The minimum atomic E-state index is -0.137. The molecule has 0 fully saturated rings. The molecule has 3 rings (SSSR count). The van der Waals surface area contributed by atoms with Crippen molar-refractivity contribution >= 4 is 11.1 Å². The van der Waals surface area contributed by atoms with Crippen LogP contribution in [-0.4, -0.2) is 29.5 Å². The van der Waals surface area contributed by atoms with Crippen molar-refractivity contribution in [2.45, 2.75) is 13.5 Å². The fourth-order valence-electron chi connectivity index (χ4n) is 2.49. The van der Waals surface area contributed by atoms with Crippen LogP contribution >= 0.6 is 0 Å². The van der Waals surface area contributed by atoms with Crippen molar-refractivity contribution in [1.29, 1.82) is 0 Å². The van der Waals surface area contributed by atoms with Gasteiger partial charge in [0.05, 0.1) is 41.6 Å². The van der Waals surface area contributed by atoms with Crippen molar-refractivity contribution in [3.63, 3.8) is 0 Å². The summed E-state index contributed by atoms with van der Waals surface area (Å²) in [6.07, 6.45) is 9.15. The smallest absolute Gasteiger partial charge is 0.0973 e. The summed E-state index contributed by atoms with van der Waals surface area (Å²) in [5, 5.41) is 18.0. The third-order valence-electron chi connectivity index (χ3n) is 3.53. The van der Waals surface area contributed by atoms with Crippen LogP contribution in [0, 0.1) is 0 Å². The highest BCUT2D eigenvalue weighted by Gasteiger charge is 2.15. The molecule has 0 unspecified atom stereocenters. The minimum Gasteiger partial charge on any atom is -0.390 e. The number of fused-ring (bicyclic) bond motifs is 1. The molecule has 0 aliphatic rings. The summed E-state index contributed by atoms with van der Waals surface area (Å²) in [6, 6.07) is 1.91. The lowest BCUT2D eigenvalue weighted by molar-refractivity contribution is 0.276. The predicted molar refractivity (Wildman–Crippen MR) is 85.0 cm³/mol. The van der Waals surface area contributed by atoms with Gasteiger partial charge in [0.2, 0.25) is 0 Å². The Morgan fingerprint density at radius 3 is 2.91 bits per heavy atom. The van der Waals surface area contributed by atoms with Gasteiger partial charge in [-0.1, -0.05) is 18.7 Å². The number of hydrogen-bond donors (Lipinski definition) is 1. The van der Waals surface area contributed by atoms with Gasteiger partial charge < -0.3 is 5.11 Å². The average molecular weight is 295 g/mol. The Hall–Kier alpha value is -2.73. The average Bonchev–Trinajstić information content (AvgIpc) is 3.14. The maximum atomic E-state index is 9.48. The van der Waals surface area contributed by atoms with Gasteiger partial charge in [0, 0.05) is 18.8 Å². The zero-order valence-corrected chi connectivity index (χ0v) is 12.6. The van der Waals surface area contributed by atoms with Crippen LogP contribution in [0.3, 0.4) is 0 Å². The maximum Gasteiger partial charge on any atom is 0.0973 e. The molecule has 0 amide bonds. The molecule has 0 saturated heterocycles. The predicted octanol–water partition coefficient (Wildman–Crippen LogP) is 2.21. The molecule has 6 nitrogen and oxygen atoms in total. The summed E-state index contributed by atoms with van der Waals surface area (Å²) in [5.74, 6) is 0. The van der Waals surface area contributed by atoms with Crippen LogP contribution < -0.4 is 0 Å². The first-order chi connectivity index (χ1) is 10.7. The zero-order valence-electron chi connectivity index (χ0n) is 12.6. The van der Waals surface area contributed by atoms with Crippen LogP contribution in [0.5, 0.6) is 0 Å². The summed E-state index contributed by atoms with van der Waals surface area (Å²) < 4.78 is 3.44. The molecule has 112 valence electrons. The second-order valence-corrected chi connectivity index (χ2v) is 4.91. The van der Waals surface area contributed by atoms with Gasteiger partial charge >= 0.3 is 0 Å². The third kappa shape index (κ3) is 2.23. The van der Waals surface area contributed by atoms with Gasteiger partial charge in [-0.05, 0) is 18.6 Å². The van der Waals surface area contributed by atoms with Crippen LogP contribution in [0.15, 0.2) is 43.4 Å².